The minimum atomic E-state index is 0.396. The molecular formula is C13H19N3. The van der Waals surface area contributed by atoms with Crippen LogP contribution in [0, 0.1) is 0 Å². The summed E-state index contributed by atoms with van der Waals surface area (Å²) in [5.41, 5.74) is 1.85. The van der Waals surface area contributed by atoms with Gasteiger partial charge in [-0.3, -0.25) is 9.67 Å². The summed E-state index contributed by atoms with van der Waals surface area (Å²) < 4.78 is 1.93. The predicted octanol–water partition coefficient (Wildman–Crippen LogP) is 3.55. The van der Waals surface area contributed by atoms with Crippen molar-refractivity contribution in [3.63, 3.8) is 0 Å². The maximum absolute atomic E-state index is 4.43. The predicted molar refractivity (Wildman–Crippen MR) is 67.2 cm³/mol. The molecule has 0 fully saturated rings. The van der Waals surface area contributed by atoms with Crippen LogP contribution in [0.3, 0.4) is 0 Å². The van der Waals surface area contributed by atoms with E-state index >= 15 is 0 Å². The van der Waals surface area contributed by atoms with Crippen LogP contribution in [-0.2, 0) is 0 Å². The van der Waals surface area contributed by atoms with Crippen molar-refractivity contribution in [3.8, 4) is 11.4 Å². The van der Waals surface area contributed by atoms with E-state index < -0.39 is 0 Å². The molecule has 0 atom stereocenters. The van der Waals surface area contributed by atoms with E-state index in [1.165, 1.54) is 0 Å². The number of rotatable bonds is 2. The second-order valence-electron chi connectivity index (χ2n) is 3.49. The molecule has 0 spiro atoms. The van der Waals surface area contributed by atoms with E-state index in [2.05, 4.69) is 23.9 Å². The fourth-order valence-corrected chi connectivity index (χ4v) is 1.28. The lowest BCUT2D eigenvalue weighted by molar-refractivity contribution is 0.534. The molecule has 0 saturated heterocycles. The van der Waals surface area contributed by atoms with Gasteiger partial charge in [-0.1, -0.05) is 19.9 Å². The van der Waals surface area contributed by atoms with Crippen LogP contribution in [0.4, 0.5) is 0 Å². The molecule has 0 N–H and O–H groups in total. The van der Waals surface area contributed by atoms with Crippen LogP contribution in [0.5, 0.6) is 0 Å². The molecule has 0 saturated carbocycles. The van der Waals surface area contributed by atoms with Crippen molar-refractivity contribution in [2.45, 2.75) is 33.7 Å². The lowest BCUT2D eigenvalue weighted by Crippen LogP contribution is -2.00. The largest absolute Gasteiger partial charge is 0.270 e. The van der Waals surface area contributed by atoms with E-state index in [0.29, 0.717) is 6.04 Å². The van der Waals surface area contributed by atoms with Gasteiger partial charge in [0, 0.05) is 18.4 Å². The Labute approximate surface area is 97.1 Å². The van der Waals surface area contributed by atoms with Crippen molar-refractivity contribution in [3.05, 3.63) is 36.7 Å². The summed E-state index contributed by atoms with van der Waals surface area (Å²) in [5.74, 6) is 0. The summed E-state index contributed by atoms with van der Waals surface area (Å²) in [5, 5.41) is 4.43. The number of hydrogen-bond acceptors (Lipinski definition) is 2. The molecule has 2 rings (SSSR count). The zero-order valence-corrected chi connectivity index (χ0v) is 10.4. The lowest BCUT2D eigenvalue weighted by atomic mass is 10.3. The molecule has 0 aliphatic heterocycles. The van der Waals surface area contributed by atoms with Gasteiger partial charge in [0.1, 0.15) is 5.69 Å². The first-order chi connectivity index (χ1) is 7.77. The maximum Gasteiger partial charge on any atom is 0.111 e. The quantitative estimate of drug-likeness (QED) is 0.770. The van der Waals surface area contributed by atoms with Gasteiger partial charge in [0.2, 0.25) is 0 Å². The second kappa shape index (κ2) is 6.05. The Hall–Kier alpha value is -1.64. The van der Waals surface area contributed by atoms with Crippen LogP contribution >= 0.6 is 0 Å². The van der Waals surface area contributed by atoms with E-state index in [9.17, 15) is 0 Å². The Morgan fingerprint density at radius 1 is 1.06 bits per heavy atom. The van der Waals surface area contributed by atoms with Crippen LogP contribution in [0.2, 0.25) is 0 Å². The highest BCUT2D eigenvalue weighted by Crippen LogP contribution is 2.14. The van der Waals surface area contributed by atoms with Crippen LogP contribution in [0.1, 0.15) is 33.7 Å². The minimum Gasteiger partial charge on any atom is -0.270 e. The summed E-state index contributed by atoms with van der Waals surface area (Å²) in [6, 6.07) is 8.22. The third-order valence-electron chi connectivity index (χ3n) is 2.06. The Balaban J connectivity index is 0.000000606. The molecule has 0 aliphatic rings. The average Bonchev–Trinajstić information content (AvgIpc) is 2.82. The first-order valence-electron chi connectivity index (χ1n) is 5.74. The maximum atomic E-state index is 4.43. The average molecular weight is 217 g/mol. The number of pyridine rings is 1. The molecule has 2 aromatic heterocycles. The third kappa shape index (κ3) is 2.92. The number of aromatic nitrogens is 3. The topological polar surface area (TPSA) is 30.7 Å². The van der Waals surface area contributed by atoms with Crippen molar-refractivity contribution in [2.24, 2.45) is 0 Å². The standard InChI is InChI=1S/C11H13N3.C2H6/c1-9(2)14-8-6-11(13-14)10-5-3-4-7-12-10;1-2/h3-9H,1-2H3;1-2H3. The molecule has 0 unspecified atom stereocenters. The molecule has 2 heterocycles. The van der Waals surface area contributed by atoms with E-state index in [4.69, 9.17) is 0 Å². The summed E-state index contributed by atoms with van der Waals surface area (Å²) in [6.45, 7) is 8.21. The van der Waals surface area contributed by atoms with Crippen molar-refractivity contribution >= 4 is 0 Å². The molecule has 0 aromatic carbocycles. The molecule has 86 valence electrons. The van der Waals surface area contributed by atoms with Gasteiger partial charge in [-0.05, 0) is 32.0 Å². The highest BCUT2D eigenvalue weighted by atomic mass is 15.3. The lowest BCUT2D eigenvalue weighted by Gasteiger charge is -2.03. The van der Waals surface area contributed by atoms with Gasteiger partial charge in [-0.2, -0.15) is 5.10 Å². The van der Waals surface area contributed by atoms with Crippen LogP contribution in [0.25, 0.3) is 11.4 Å². The van der Waals surface area contributed by atoms with Crippen molar-refractivity contribution < 1.29 is 0 Å². The van der Waals surface area contributed by atoms with E-state index in [0.717, 1.165) is 11.4 Å². The van der Waals surface area contributed by atoms with Crippen LogP contribution in [0.15, 0.2) is 36.7 Å². The first-order valence-corrected chi connectivity index (χ1v) is 5.74. The van der Waals surface area contributed by atoms with Crippen molar-refractivity contribution in [1.82, 2.24) is 14.8 Å². The van der Waals surface area contributed by atoms with E-state index in [1.807, 2.05) is 49.0 Å². The summed E-state index contributed by atoms with van der Waals surface area (Å²) in [4.78, 5) is 4.25. The Morgan fingerprint density at radius 3 is 2.31 bits per heavy atom. The van der Waals surface area contributed by atoms with Gasteiger partial charge in [0.15, 0.2) is 0 Å². The zero-order valence-electron chi connectivity index (χ0n) is 10.4. The Kier molecular flexibility index (Phi) is 4.70. The van der Waals surface area contributed by atoms with Crippen molar-refractivity contribution in [1.29, 1.82) is 0 Å². The first kappa shape index (κ1) is 12.4. The van der Waals surface area contributed by atoms with Gasteiger partial charge in [-0.25, -0.2) is 0 Å². The summed E-state index contributed by atoms with van der Waals surface area (Å²) in [7, 11) is 0. The normalized spacial score (nSPS) is 9.81. The molecule has 3 heteroatoms. The van der Waals surface area contributed by atoms with Gasteiger partial charge < -0.3 is 0 Å². The molecular weight excluding hydrogens is 198 g/mol. The minimum absolute atomic E-state index is 0.396. The van der Waals surface area contributed by atoms with E-state index in [-0.39, 0.29) is 0 Å². The molecule has 0 radical (unpaired) electrons. The Bertz CT molecular complexity index is 404. The highest BCUT2D eigenvalue weighted by molar-refractivity contribution is 5.52. The van der Waals surface area contributed by atoms with Gasteiger partial charge in [0.25, 0.3) is 0 Å². The molecule has 2 aromatic rings. The molecule has 16 heavy (non-hydrogen) atoms. The molecule has 0 amide bonds. The summed E-state index contributed by atoms with van der Waals surface area (Å²) in [6.07, 6.45) is 3.76. The highest BCUT2D eigenvalue weighted by Gasteiger charge is 2.04. The second-order valence-corrected chi connectivity index (χ2v) is 3.49. The fourth-order valence-electron chi connectivity index (χ4n) is 1.28. The fraction of sp³-hybridized carbons (Fsp3) is 0.385. The van der Waals surface area contributed by atoms with Gasteiger partial charge in [-0.15, -0.1) is 0 Å². The van der Waals surface area contributed by atoms with Gasteiger partial charge >= 0.3 is 0 Å². The Morgan fingerprint density at radius 2 is 1.81 bits per heavy atom. The van der Waals surface area contributed by atoms with Gasteiger partial charge in [0.05, 0.1) is 5.69 Å². The number of nitrogens with zero attached hydrogens (tertiary/aromatic N) is 3. The van der Waals surface area contributed by atoms with Crippen LogP contribution < -0.4 is 0 Å². The zero-order chi connectivity index (χ0) is 12.0. The SMILES string of the molecule is CC.CC(C)n1ccc(-c2ccccn2)n1. The smallest absolute Gasteiger partial charge is 0.111 e. The third-order valence-corrected chi connectivity index (χ3v) is 2.06. The monoisotopic (exact) mass is 217 g/mol. The molecule has 0 bridgehead atoms. The van der Waals surface area contributed by atoms with Crippen molar-refractivity contribution in [2.75, 3.05) is 0 Å². The van der Waals surface area contributed by atoms with E-state index in [1.54, 1.807) is 6.20 Å². The number of hydrogen-bond donors (Lipinski definition) is 0. The molecule has 0 aliphatic carbocycles. The summed E-state index contributed by atoms with van der Waals surface area (Å²) >= 11 is 0. The molecule has 3 nitrogen and oxygen atoms in total. The van der Waals surface area contributed by atoms with Crippen LogP contribution in [-0.4, -0.2) is 14.8 Å².